The van der Waals surface area contributed by atoms with Gasteiger partial charge in [0.2, 0.25) is 5.91 Å². The van der Waals surface area contributed by atoms with Gasteiger partial charge in [-0.25, -0.2) is 9.59 Å². The third kappa shape index (κ3) is 8.11. The van der Waals surface area contributed by atoms with Gasteiger partial charge in [-0.15, -0.1) is 0 Å². The van der Waals surface area contributed by atoms with Crippen molar-refractivity contribution >= 4 is 41.0 Å². The van der Waals surface area contributed by atoms with E-state index < -0.39 is 11.9 Å². The van der Waals surface area contributed by atoms with Crippen molar-refractivity contribution in [3.63, 3.8) is 0 Å². The predicted octanol–water partition coefficient (Wildman–Crippen LogP) is 4.11. The number of hydrogen-bond donors (Lipinski definition) is 2. The highest BCUT2D eigenvalue weighted by molar-refractivity contribution is 6.42. The van der Waals surface area contributed by atoms with Crippen LogP contribution < -0.4 is 0 Å². The number of carboxylic acids is 2. The zero-order valence-corrected chi connectivity index (χ0v) is 19.7. The first-order chi connectivity index (χ1) is 15.2. The molecule has 32 heavy (non-hydrogen) atoms. The van der Waals surface area contributed by atoms with Crippen molar-refractivity contribution in [3.05, 3.63) is 46.0 Å². The Morgan fingerprint density at radius 2 is 1.59 bits per heavy atom. The SMILES string of the molecule is CN(C(=O)Cc1ccc(Cl)c(Cl)c1)C1CCCCC1N1CCCC1.O=C(O)C=CC(=O)O. The van der Waals surface area contributed by atoms with Gasteiger partial charge < -0.3 is 15.1 Å². The highest BCUT2D eigenvalue weighted by Gasteiger charge is 2.35. The van der Waals surface area contributed by atoms with Gasteiger partial charge >= 0.3 is 11.9 Å². The predicted molar refractivity (Wildman–Crippen MR) is 124 cm³/mol. The van der Waals surface area contributed by atoms with Gasteiger partial charge in [-0.3, -0.25) is 9.69 Å². The molecular weight excluding hydrogens is 455 g/mol. The van der Waals surface area contributed by atoms with Crippen LogP contribution in [0.1, 0.15) is 44.1 Å². The summed E-state index contributed by atoms with van der Waals surface area (Å²) in [5, 5.41) is 16.7. The fraction of sp³-hybridized carbons (Fsp3) is 0.522. The van der Waals surface area contributed by atoms with Crippen LogP contribution in [0.5, 0.6) is 0 Å². The van der Waals surface area contributed by atoms with Crippen molar-refractivity contribution in [1.82, 2.24) is 9.80 Å². The summed E-state index contributed by atoms with van der Waals surface area (Å²) in [6, 6.07) is 6.32. The van der Waals surface area contributed by atoms with E-state index in [0.29, 0.717) is 40.7 Å². The molecule has 1 aliphatic heterocycles. The van der Waals surface area contributed by atoms with Gasteiger partial charge in [0, 0.05) is 31.3 Å². The van der Waals surface area contributed by atoms with E-state index in [2.05, 4.69) is 4.90 Å². The summed E-state index contributed by atoms with van der Waals surface area (Å²) in [6.45, 7) is 2.38. The highest BCUT2D eigenvalue weighted by Crippen LogP contribution is 2.29. The third-order valence-corrected chi connectivity index (χ3v) is 6.64. The number of likely N-dealkylation sites (tertiary alicyclic amines) is 1. The summed E-state index contributed by atoms with van der Waals surface area (Å²) in [5.41, 5.74) is 0.926. The zero-order chi connectivity index (χ0) is 23.7. The van der Waals surface area contributed by atoms with Crippen LogP contribution in [0.25, 0.3) is 0 Å². The Balaban J connectivity index is 0.000000390. The Kier molecular flexibility index (Phi) is 10.5. The molecule has 1 aromatic rings. The van der Waals surface area contributed by atoms with Crippen LogP contribution in [-0.2, 0) is 20.8 Å². The third-order valence-electron chi connectivity index (χ3n) is 5.90. The largest absolute Gasteiger partial charge is 0.478 e. The van der Waals surface area contributed by atoms with Crippen LogP contribution in [0, 0.1) is 0 Å². The van der Waals surface area contributed by atoms with Gasteiger partial charge in [0.05, 0.1) is 16.5 Å². The average molecular weight is 485 g/mol. The molecule has 1 heterocycles. The molecule has 176 valence electrons. The van der Waals surface area contributed by atoms with E-state index in [4.69, 9.17) is 33.4 Å². The van der Waals surface area contributed by atoms with Crippen LogP contribution in [0.4, 0.5) is 0 Å². The summed E-state index contributed by atoms with van der Waals surface area (Å²) < 4.78 is 0. The number of rotatable bonds is 6. The van der Waals surface area contributed by atoms with Crippen molar-refractivity contribution in [2.75, 3.05) is 20.1 Å². The van der Waals surface area contributed by atoms with Gasteiger partial charge in [0.25, 0.3) is 0 Å². The van der Waals surface area contributed by atoms with E-state index in [9.17, 15) is 14.4 Å². The van der Waals surface area contributed by atoms with Crippen LogP contribution in [0.2, 0.25) is 10.0 Å². The summed E-state index contributed by atoms with van der Waals surface area (Å²) in [5.74, 6) is -2.34. The van der Waals surface area contributed by atoms with E-state index in [0.717, 1.165) is 12.0 Å². The van der Waals surface area contributed by atoms with Crippen LogP contribution in [0.3, 0.4) is 0 Å². The molecule has 9 heteroatoms. The van der Waals surface area contributed by atoms with E-state index in [1.54, 1.807) is 12.1 Å². The molecular formula is C23H30Cl2N2O5. The average Bonchev–Trinajstić information content (AvgIpc) is 3.29. The molecule has 2 unspecified atom stereocenters. The van der Waals surface area contributed by atoms with Gasteiger partial charge in [0.15, 0.2) is 0 Å². The van der Waals surface area contributed by atoms with E-state index in [1.165, 1.54) is 45.2 Å². The van der Waals surface area contributed by atoms with E-state index in [-0.39, 0.29) is 5.91 Å². The quantitative estimate of drug-likeness (QED) is 0.589. The van der Waals surface area contributed by atoms with E-state index in [1.807, 2.05) is 18.0 Å². The molecule has 0 bridgehead atoms. The molecule has 7 nitrogen and oxygen atoms in total. The number of amides is 1. The molecule has 1 saturated heterocycles. The lowest BCUT2D eigenvalue weighted by Crippen LogP contribution is -2.53. The Morgan fingerprint density at radius 1 is 1.00 bits per heavy atom. The second kappa shape index (κ2) is 12.8. The number of carboxylic acid groups (broad SMARTS) is 2. The van der Waals surface area contributed by atoms with Crippen molar-refractivity contribution in [2.24, 2.45) is 0 Å². The number of carbonyl (C=O) groups is 3. The van der Waals surface area contributed by atoms with Crippen molar-refractivity contribution in [3.8, 4) is 0 Å². The number of aliphatic carboxylic acids is 2. The molecule has 2 N–H and O–H groups in total. The summed E-state index contributed by atoms with van der Waals surface area (Å²) >= 11 is 12.0. The van der Waals surface area contributed by atoms with Gasteiger partial charge in [0.1, 0.15) is 0 Å². The number of benzene rings is 1. The fourth-order valence-corrected chi connectivity index (χ4v) is 4.64. The maximum absolute atomic E-state index is 12.8. The summed E-state index contributed by atoms with van der Waals surface area (Å²) in [4.78, 5) is 36.5. The maximum atomic E-state index is 12.8. The Labute approximate surface area is 198 Å². The number of nitrogens with zero attached hydrogens (tertiary/aromatic N) is 2. The standard InChI is InChI=1S/C19H26Cl2N2O.C4H4O4/c1-22(19(24)13-14-8-9-15(20)16(21)12-14)17-6-2-3-7-18(17)23-10-4-5-11-23;5-3(6)1-2-4(7)8/h8-9,12,17-18H,2-7,10-11,13H2,1H3;1-2H,(H,5,6)(H,7,8). The van der Waals surface area contributed by atoms with Crippen LogP contribution >= 0.6 is 23.2 Å². The first-order valence-corrected chi connectivity index (χ1v) is 11.5. The molecule has 2 fully saturated rings. The molecule has 0 radical (unpaired) electrons. The molecule has 3 rings (SSSR count). The Hall–Kier alpha value is -2.09. The normalized spacial score (nSPS) is 21.1. The summed E-state index contributed by atoms with van der Waals surface area (Å²) in [6.07, 6.45) is 8.93. The number of carbonyl (C=O) groups excluding carboxylic acids is 1. The van der Waals surface area contributed by atoms with E-state index >= 15 is 0 Å². The molecule has 1 aromatic carbocycles. The second-order valence-corrected chi connectivity index (χ2v) is 8.92. The lowest BCUT2D eigenvalue weighted by Gasteiger charge is -2.42. The number of hydrogen-bond acceptors (Lipinski definition) is 4. The van der Waals surface area contributed by atoms with Crippen molar-refractivity contribution < 1.29 is 24.6 Å². The van der Waals surface area contributed by atoms with Crippen molar-refractivity contribution in [1.29, 1.82) is 0 Å². The van der Waals surface area contributed by atoms with Gasteiger partial charge in [-0.2, -0.15) is 0 Å². The molecule has 1 saturated carbocycles. The first kappa shape index (κ1) is 26.2. The maximum Gasteiger partial charge on any atom is 0.328 e. The molecule has 0 spiro atoms. The molecule has 1 aliphatic carbocycles. The van der Waals surface area contributed by atoms with Gasteiger partial charge in [-0.05, 0) is 56.5 Å². The van der Waals surface area contributed by atoms with Crippen LogP contribution in [-0.4, -0.2) is 70.1 Å². The van der Waals surface area contributed by atoms with Crippen molar-refractivity contribution in [2.45, 2.75) is 57.0 Å². The highest BCUT2D eigenvalue weighted by atomic mass is 35.5. The minimum atomic E-state index is -1.26. The Morgan fingerprint density at radius 3 is 2.16 bits per heavy atom. The monoisotopic (exact) mass is 484 g/mol. The topological polar surface area (TPSA) is 98.2 Å². The fourth-order valence-electron chi connectivity index (χ4n) is 4.32. The molecule has 2 aliphatic rings. The van der Waals surface area contributed by atoms with Crippen LogP contribution in [0.15, 0.2) is 30.4 Å². The second-order valence-electron chi connectivity index (χ2n) is 8.10. The van der Waals surface area contributed by atoms with Gasteiger partial charge in [-0.1, -0.05) is 42.1 Å². The number of likely N-dealkylation sites (N-methyl/N-ethyl adjacent to an activating group) is 1. The molecule has 0 aromatic heterocycles. The molecule has 2 atom stereocenters. The number of halogens is 2. The lowest BCUT2D eigenvalue weighted by atomic mass is 9.88. The molecule has 1 amide bonds. The lowest BCUT2D eigenvalue weighted by molar-refractivity contribution is -0.134. The minimum Gasteiger partial charge on any atom is -0.478 e. The smallest absolute Gasteiger partial charge is 0.328 e. The Bertz CT molecular complexity index is 824. The summed E-state index contributed by atoms with van der Waals surface area (Å²) in [7, 11) is 1.97. The zero-order valence-electron chi connectivity index (χ0n) is 18.2. The first-order valence-electron chi connectivity index (χ1n) is 10.8. The minimum absolute atomic E-state index is 0.171.